The van der Waals surface area contributed by atoms with Crippen molar-refractivity contribution in [2.24, 2.45) is 0 Å². The van der Waals surface area contributed by atoms with Gasteiger partial charge in [-0.2, -0.15) is 0 Å². The molecule has 0 bridgehead atoms. The number of furan rings is 1. The number of Topliss-reactive ketones (excluding diaryl/α,β-unsaturated/α-hetero) is 1. The first-order chi connectivity index (χ1) is 14.2. The van der Waals surface area contributed by atoms with E-state index in [4.69, 9.17) is 4.42 Å². The number of hydrogen-bond donors (Lipinski definition) is 5. The summed E-state index contributed by atoms with van der Waals surface area (Å²) in [5, 5.41) is 50.6. The summed E-state index contributed by atoms with van der Waals surface area (Å²) in [6.45, 7) is 0. The van der Waals surface area contributed by atoms with Crippen molar-refractivity contribution in [3.63, 3.8) is 0 Å². The van der Waals surface area contributed by atoms with Crippen molar-refractivity contribution in [1.29, 1.82) is 0 Å². The summed E-state index contributed by atoms with van der Waals surface area (Å²) in [7, 11) is 0. The van der Waals surface area contributed by atoms with Gasteiger partial charge >= 0.3 is 5.97 Å². The van der Waals surface area contributed by atoms with Gasteiger partial charge in [0, 0.05) is 18.2 Å². The number of pyridine rings is 1. The lowest BCUT2D eigenvalue weighted by molar-refractivity contribution is -0.139. The quantitative estimate of drug-likeness (QED) is 0.393. The molecule has 1 fully saturated rings. The minimum Gasteiger partial charge on any atom is -0.478 e. The lowest BCUT2D eigenvalue weighted by Gasteiger charge is -2.39. The predicted molar refractivity (Wildman–Crippen MR) is 103 cm³/mol. The zero-order chi connectivity index (χ0) is 21.6. The summed E-state index contributed by atoms with van der Waals surface area (Å²) in [6, 6.07) is 9.52. The Morgan fingerprint density at radius 1 is 1.03 bits per heavy atom. The highest BCUT2D eigenvalue weighted by atomic mass is 16.4. The summed E-state index contributed by atoms with van der Waals surface area (Å²) in [4.78, 5) is 29.3. The fourth-order valence-corrected chi connectivity index (χ4v) is 3.83. The van der Waals surface area contributed by atoms with Crippen LogP contribution in [0.1, 0.15) is 33.6 Å². The molecular formula is C21H19NO8. The van der Waals surface area contributed by atoms with Crippen LogP contribution in [0.4, 0.5) is 0 Å². The maximum absolute atomic E-state index is 13.1. The van der Waals surface area contributed by atoms with Crippen LogP contribution in [-0.4, -0.2) is 66.2 Å². The molecule has 0 amide bonds. The van der Waals surface area contributed by atoms with Gasteiger partial charge in [0.2, 0.25) is 0 Å². The van der Waals surface area contributed by atoms with Gasteiger partial charge in [-0.3, -0.25) is 4.79 Å². The third kappa shape index (κ3) is 3.27. The number of carbonyl (C=O) groups excluding carboxylic acids is 1. The minimum atomic E-state index is -2.17. The van der Waals surface area contributed by atoms with Gasteiger partial charge in [0.05, 0.1) is 35.1 Å². The van der Waals surface area contributed by atoms with E-state index in [1.165, 1.54) is 18.4 Å². The number of carbonyl (C=O) groups is 2. The van der Waals surface area contributed by atoms with E-state index >= 15 is 0 Å². The van der Waals surface area contributed by atoms with Crippen LogP contribution in [0.5, 0.6) is 0 Å². The van der Waals surface area contributed by atoms with Gasteiger partial charge in [-0.1, -0.05) is 18.2 Å². The molecule has 0 spiro atoms. The third-order valence-corrected chi connectivity index (χ3v) is 5.38. The number of carboxylic acid groups (broad SMARTS) is 1. The van der Waals surface area contributed by atoms with Crippen molar-refractivity contribution in [3.8, 4) is 11.5 Å². The van der Waals surface area contributed by atoms with Gasteiger partial charge in [0.1, 0.15) is 17.4 Å². The molecule has 1 aliphatic carbocycles. The molecule has 156 valence electrons. The molecular weight excluding hydrogens is 394 g/mol. The average Bonchev–Trinajstić information content (AvgIpc) is 3.19. The lowest BCUT2D eigenvalue weighted by Crippen LogP contribution is -2.56. The molecule has 9 heteroatoms. The fourth-order valence-electron chi connectivity index (χ4n) is 3.83. The molecule has 0 radical (unpaired) electrons. The molecule has 2 aromatic heterocycles. The van der Waals surface area contributed by atoms with Crippen LogP contribution in [0.25, 0.3) is 22.4 Å². The summed E-state index contributed by atoms with van der Waals surface area (Å²) in [5.41, 5.74) is -2.10. The van der Waals surface area contributed by atoms with E-state index in [0.717, 1.165) is 0 Å². The maximum atomic E-state index is 13.1. The molecule has 0 aliphatic heterocycles. The number of aromatic carboxylic acids is 1. The maximum Gasteiger partial charge on any atom is 0.338 e. The normalized spacial score (nSPS) is 26.6. The summed E-state index contributed by atoms with van der Waals surface area (Å²) < 4.78 is 5.39. The number of carboxylic acids is 1. The third-order valence-electron chi connectivity index (χ3n) is 5.38. The van der Waals surface area contributed by atoms with Crippen molar-refractivity contribution in [1.82, 2.24) is 4.98 Å². The number of ketones is 1. The van der Waals surface area contributed by atoms with Crippen molar-refractivity contribution in [2.75, 3.05) is 0 Å². The van der Waals surface area contributed by atoms with Gasteiger partial charge in [-0.15, -0.1) is 0 Å². The van der Waals surface area contributed by atoms with Crippen LogP contribution in [0.2, 0.25) is 0 Å². The molecule has 2 atom stereocenters. The van der Waals surface area contributed by atoms with Crippen LogP contribution < -0.4 is 0 Å². The van der Waals surface area contributed by atoms with Gasteiger partial charge in [0.15, 0.2) is 11.5 Å². The van der Waals surface area contributed by atoms with E-state index in [2.05, 4.69) is 4.98 Å². The van der Waals surface area contributed by atoms with Gasteiger partial charge in [-0.05, 0) is 18.2 Å². The number of fused-ring (bicyclic) bond motifs is 1. The Hall–Kier alpha value is -3.11. The van der Waals surface area contributed by atoms with Crippen molar-refractivity contribution in [2.45, 2.75) is 36.8 Å². The van der Waals surface area contributed by atoms with Crippen molar-refractivity contribution < 1.29 is 39.5 Å². The molecule has 2 heterocycles. The monoisotopic (exact) mass is 413 g/mol. The van der Waals surface area contributed by atoms with Crippen LogP contribution in [-0.2, 0) is 0 Å². The number of rotatable bonds is 4. The van der Waals surface area contributed by atoms with Gasteiger partial charge < -0.3 is 29.9 Å². The molecule has 1 saturated carbocycles. The molecule has 0 unspecified atom stereocenters. The summed E-state index contributed by atoms with van der Waals surface area (Å²) in [6.07, 6.45) is -4.32. The first-order valence-corrected chi connectivity index (χ1v) is 9.23. The Kier molecular flexibility index (Phi) is 4.91. The lowest BCUT2D eigenvalue weighted by atomic mass is 9.75. The highest BCUT2D eigenvalue weighted by molar-refractivity contribution is 6.08. The predicted octanol–water partition coefficient (Wildman–Crippen LogP) is 0.983. The van der Waals surface area contributed by atoms with E-state index in [9.17, 15) is 35.1 Å². The molecule has 5 N–H and O–H groups in total. The van der Waals surface area contributed by atoms with Crippen LogP contribution in [0, 0.1) is 0 Å². The van der Waals surface area contributed by atoms with Crippen molar-refractivity contribution in [3.05, 3.63) is 53.8 Å². The number of aliphatic hydroxyl groups excluding tert-OH is 3. The number of para-hydroxylation sites is 1. The first-order valence-electron chi connectivity index (χ1n) is 9.23. The molecule has 9 nitrogen and oxygen atoms in total. The number of aromatic nitrogens is 1. The second kappa shape index (κ2) is 7.29. The fraction of sp³-hybridized carbons (Fsp3) is 0.286. The Bertz CT molecular complexity index is 1120. The number of aliphatic hydroxyl groups is 4. The smallest absolute Gasteiger partial charge is 0.338 e. The largest absolute Gasteiger partial charge is 0.478 e. The van der Waals surface area contributed by atoms with Gasteiger partial charge in [0.25, 0.3) is 0 Å². The van der Waals surface area contributed by atoms with E-state index < -0.39 is 48.5 Å². The van der Waals surface area contributed by atoms with Crippen molar-refractivity contribution >= 4 is 22.7 Å². The highest BCUT2D eigenvalue weighted by Gasteiger charge is 2.49. The zero-order valence-corrected chi connectivity index (χ0v) is 15.6. The first kappa shape index (κ1) is 20.2. The zero-order valence-electron chi connectivity index (χ0n) is 15.6. The van der Waals surface area contributed by atoms with Crippen LogP contribution in [0.3, 0.4) is 0 Å². The second-order valence-electron chi connectivity index (χ2n) is 7.44. The van der Waals surface area contributed by atoms with Crippen LogP contribution in [0.15, 0.2) is 47.1 Å². The molecule has 3 aromatic rings. The van der Waals surface area contributed by atoms with E-state index in [1.54, 1.807) is 24.3 Å². The van der Waals surface area contributed by atoms with E-state index in [-0.39, 0.29) is 22.6 Å². The minimum absolute atomic E-state index is 0.0879. The Labute approximate surface area is 169 Å². The molecule has 0 saturated heterocycles. The Balaban J connectivity index is 1.82. The number of nitrogens with zero attached hydrogens (tertiary/aromatic N) is 1. The Morgan fingerprint density at radius 3 is 2.37 bits per heavy atom. The Morgan fingerprint density at radius 2 is 1.70 bits per heavy atom. The van der Waals surface area contributed by atoms with E-state index in [0.29, 0.717) is 10.9 Å². The van der Waals surface area contributed by atoms with Crippen LogP contribution >= 0.6 is 0 Å². The average molecular weight is 413 g/mol. The number of hydrogen-bond acceptors (Lipinski definition) is 8. The molecule has 1 aromatic carbocycles. The SMILES string of the molecule is O=C(O)c1cc2ccccc2nc1-c1occc1C(=O)C1(O)C[C@@H](O)C(O)[C@H](O)C1. The van der Waals surface area contributed by atoms with Gasteiger partial charge in [-0.25, -0.2) is 9.78 Å². The topological polar surface area (TPSA) is 161 Å². The summed E-state index contributed by atoms with van der Waals surface area (Å²) >= 11 is 0. The standard InChI is InChI=1S/C21H19NO8/c23-14-8-21(29,9-15(24)17(14)25)19(26)11-5-6-30-18(11)16-12(20(27)28)7-10-3-1-2-4-13(10)22-16/h1-7,14-15,17,23-25,29H,8-9H2,(H,27,28)/t14-,15-,17?,21?/m1/s1. The highest BCUT2D eigenvalue weighted by Crippen LogP contribution is 2.36. The summed E-state index contributed by atoms with van der Waals surface area (Å²) in [5.74, 6) is -2.29. The second-order valence-corrected chi connectivity index (χ2v) is 7.44. The number of benzene rings is 1. The molecule has 4 rings (SSSR count). The molecule has 30 heavy (non-hydrogen) atoms. The van der Waals surface area contributed by atoms with E-state index in [1.807, 2.05) is 0 Å². The molecule has 1 aliphatic rings.